The minimum atomic E-state index is -0.239. The average molecular weight is 379 g/mol. The first-order valence-electron chi connectivity index (χ1n) is 6.25. The Morgan fingerprint density at radius 3 is 2.74 bits per heavy atom. The zero-order valence-corrected chi connectivity index (χ0v) is 13.0. The van der Waals surface area contributed by atoms with Crippen molar-refractivity contribution < 1.29 is 9.13 Å². The largest absolute Gasteiger partial charge is 0.494 e. The van der Waals surface area contributed by atoms with Crippen molar-refractivity contribution >= 4 is 29.9 Å². The average Bonchev–Trinajstić information content (AvgIpc) is 2.89. The van der Waals surface area contributed by atoms with Crippen molar-refractivity contribution in [3.8, 4) is 5.75 Å². The van der Waals surface area contributed by atoms with Crippen LogP contribution in [0.2, 0.25) is 0 Å². The van der Waals surface area contributed by atoms with E-state index in [0.29, 0.717) is 12.4 Å². The fraction of sp³-hybridized carbons (Fsp3) is 0.462. The predicted molar refractivity (Wildman–Crippen MR) is 84.9 cm³/mol. The molecule has 0 saturated heterocycles. The van der Waals surface area contributed by atoms with Gasteiger partial charge in [-0.3, -0.25) is 4.99 Å². The molecule has 4 nitrogen and oxygen atoms in total. The molecule has 2 rings (SSSR count). The van der Waals surface area contributed by atoms with Gasteiger partial charge in [-0.2, -0.15) is 0 Å². The molecule has 2 N–H and O–H groups in total. The molecule has 0 aliphatic carbocycles. The van der Waals surface area contributed by atoms with E-state index in [0.717, 1.165) is 38.4 Å². The molecule has 0 unspecified atom stereocenters. The molecular formula is C13H19FIN3O. The molecule has 0 atom stereocenters. The van der Waals surface area contributed by atoms with Crippen LogP contribution in [0.15, 0.2) is 29.3 Å². The summed E-state index contributed by atoms with van der Waals surface area (Å²) in [7, 11) is 0. The van der Waals surface area contributed by atoms with Crippen molar-refractivity contribution in [3.63, 3.8) is 0 Å². The van der Waals surface area contributed by atoms with E-state index in [1.54, 1.807) is 12.1 Å². The molecular weight excluding hydrogens is 360 g/mol. The SMILES string of the molecule is Fc1ccc(OCCCCNC2=NCCN2)cc1.I. The number of halogens is 2. The summed E-state index contributed by atoms with van der Waals surface area (Å²) in [4.78, 5) is 4.24. The van der Waals surface area contributed by atoms with E-state index in [4.69, 9.17) is 4.74 Å². The highest BCUT2D eigenvalue weighted by molar-refractivity contribution is 14.0. The Hall–Kier alpha value is -1.05. The number of rotatable bonds is 6. The van der Waals surface area contributed by atoms with Crippen LogP contribution in [-0.2, 0) is 0 Å². The van der Waals surface area contributed by atoms with Gasteiger partial charge in [0.2, 0.25) is 0 Å². The molecule has 1 heterocycles. The first-order valence-corrected chi connectivity index (χ1v) is 6.25. The molecule has 6 heteroatoms. The smallest absolute Gasteiger partial charge is 0.191 e. The van der Waals surface area contributed by atoms with Crippen LogP contribution in [0.4, 0.5) is 4.39 Å². The third-order valence-electron chi connectivity index (χ3n) is 2.62. The van der Waals surface area contributed by atoms with Gasteiger partial charge in [0.05, 0.1) is 13.2 Å². The van der Waals surface area contributed by atoms with Gasteiger partial charge in [0.15, 0.2) is 5.96 Å². The summed E-state index contributed by atoms with van der Waals surface area (Å²) in [6, 6.07) is 6.09. The molecule has 0 spiro atoms. The first kappa shape index (κ1) is 16.0. The van der Waals surface area contributed by atoms with Crippen LogP contribution in [0, 0.1) is 5.82 Å². The molecule has 0 bridgehead atoms. The minimum Gasteiger partial charge on any atom is -0.494 e. The summed E-state index contributed by atoms with van der Waals surface area (Å²) in [6.45, 7) is 3.32. The Labute approximate surface area is 129 Å². The molecule has 0 amide bonds. The molecule has 1 aliphatic rings. The lowest BCUT2D eigenvalue weighted by atomic mass is 10.3. The highest BCUT2D eigenvalue weighted by Crippen LogP contribution is 2.11. The number of guanidine groups is 1. The zero-order chi connectivity index (χ0) is 12.6. The number of hydrogen-bond donors (Lipinski definition) is 2. The van der Waals surface area contributed by atoms with E-state index in [2.05, 4.69) is 15.6 Å². The summed E-state index contributed by atoms with van der Waals surface area (Å²) in [5, 5.41) is 6.37. The van der Waals surface area contributed by atoms with E-state index < -0.39 is 0 Å². The number of nitrogens with one attached hydrogen (secondary N) is 2. The molecule has 0 aromatic heterocycles. The summed E-state index contributed by atoms with van der Waals surface area (Å²) in [5.41, 5.74) is 0. The summed E-state index contributed by atoms with van der Waals surface area (Å²) in [5.74, 6) is 1.37. The van der Waals surface area contributed by atoms with E-state index in [-0.39, 0.29) is 29.8 Å². The van der Waals surface area contributed by atoms with Crippen molar-refractivity contribution in [1.29, 1.82) is 0 Å². The van der Waals surface area contributed by atoms with Gasteiger partial charge in [0.25, 0.3) is 0 Å². The van der Waals surface area contributed by atoms with E-state index >= 15 is 0 Å². The van der Waals surface area contributed by atoms with E-state index in [1.807, 2.05) is 0 Å². The second-order valence-corrected chi connectivity index (χ2v) is 4.09. The summed E-state index contributed by atoms with van der Waals surface area (Å²) in [6.07, 6.45) is 1.97. The van der Waals surface area contributed by atoms with Crippen molar-refractivity contribution in [3.05, 3.63) is 30.1 Å². The molecule has 0 fully saturated rings. The molecule has 1 aromatic rings. The topological polar surface area (TPSA) is 45.6 Å². The number of benzene rings is 1. The third kappa shape index (κ3) is 6.09. The lowest BCUT2D eigenvalue weighted by Gasteiger charge is -2.07. The fourth-order valence-corrected chi connectivity index (χ4v) is 1.67. The Balaban J connectivity index is 0.00000180. The van der Waals surface area contributed by atoms with Gasteiger partial charge >= 0.3 is 0 Å². The monoisotopic (exact) mass is 379 g/mol. The van der Waals surface area contributed by atoms with Crippen LogP contribution in [0.3, 0.4) is 0 Å². The number of unbranched alkanes of at least 4 members (excludes halogenated alkanes) is 1. The fourth-order valence-electron chi connectivity index (χ4n) is 1.67. The van der Waals surface area contributed by atoms with Crippen molar-refractivity contribution in [2.75, 3.05) is 26.2 Å². The number of ether oxygens (including phenoxy) is 1. The number of aliphatic imine (C=N–C) groups is 1. The van der Waals surface area contributed by atoms with Crippen LogP contribution in [0.25, 0.3) is 0 Å². The van der Waals surface area contributed by atoms with Crippen LogP contribution < -0.4 is 15.4 Å². The molecule has 106 valence electrons. The normalized spacial score (nSPS) is 13.2. The van der Waals surface area contributed by atoms with Gasteiger partial charge < -0.3 is 15.4 Å². The maximum Gasteiger partial charge on any atom is 0.191 e. The summed E-state index contributed by atoms with van der Waals surface area (Å²) >= 11 is 0. The zero-order valence-electron chi connectivity index (χ0n) is 10.7. The Morgan fingerprint density at radius 2 is 2.05 bits per heavy atom. The Kier molecular flexibility index (Phi) is 7.54. The van der Waals surface area contributed by atoms with Crippen LogP contribution >= 0.6 is 24.0 Å². The van der Waals surface area contributed by atoms with Crippen LogP contribution in [-0.4, -0.2) is 32.2 Å². The van der Waals surface area contributed by atoms with Crippen molar-refractivity contribution in [1.82, 2.24) is 10.6 Å². The van der Waals surface area contributed by atoms with Gasteiger partial charge in [0, 0.05) is 13.1 Å². The standard InChI is InChI=1S/C13H18FN3O.HI/c14-11-3-5-12(6-4-11)18-10-2-1-7-15-13-16-8-9-17-13;/h3-6H,1-2,7-10H2,(H2,15,16,17);1H. The van der Waals surface area contributed by atoms with Gasteiger partial charge in [-0.25, -0.2) is 4.39 Å². The second-order valence-electron chi connectivity index (χ2n) is 4.09. The predicted octanol–water partition coefficient (Wildman–Crippen LogP) is 2.15. The minimum absolute atomic E-state index is 0. The lowest BCUT2D eigenvalue weighted by Crippen LogP contribution is -2.34. The number of nitrogens with zero attached hydrogens (tertiary/aromatic N) is 1. The first-order chi connectivity index (χ1) is 8.84. The van der Waals surface area contributed by atoms with Crippen LogP contribution in [0.5, 0.6) is 5.75 Å². The molecule has 1 aromatic carbocycles. The maximum absolute atomic E-state index is 12.6. The molecule has 1 aliphatic heterocycles. The Bertz CT molecular complexity index is 397. The van der Waals surface area contributed by atoms with Crippen LogP contribution in [0.1, 0.15) is 12.8 Å². The van der Waals surface area contributed by atoms with Gasteiger partial charge in [-0.15, -0.1) is 24.0 Å². The van der Waals surface area contributed by atoms with Crippen molar-refractivity contribution in [2.24, 2.45) is 4.99 Å². The third-order valence-corrected chi connectivity index (χ3v) is 2.62. The van der Waals surface area contributed by atoms with E-state index in [1.165, 1.54) is 12.1 Å². The lowest BCUT2D eigenvalue weighted by molar-refractivity contribution is 0.306. The highest BCUT2D eigenvalue weighted by Gasteiger charge is 2.02. The molecule has 0 saturated carbocycles. The van der Waals surface area contributed by atoms with Gasteiger partial charge in [-0.1, -0.05) is 0 Å². The quantitative estimate of drug-likeness (QED) is 0.588. The number of hydrogen-bond acceptors (Lipinski definition) is 4. The van der Waals surface area contributed by atoms with Gasteiger partial charge in [0.1, 0.15) is 11.6 Å². The summed E-state index contributed by atoms with van der Waals surface area (Å²) < 4.78 is 18.1. The molecule has 0 radical (unpaired) electrons. The Morgan fingerprint density at radius 1 is 1.26 bits per heavy atom. The maximum atomic E-state index is 12.6. The second kappa shape index (κ2) is 8.95. The molecule has 19 heavy (non-hydrogen) atoms. The van der Waals surface area contributed by atoms with Gasteiger partial charge in [-0.05, 0) is 37.1 Å². The highest BCUT2D eigenvalue weighted by atomic mass is 127. The van der Waals surface area contributed by atoms with Crippen molar-refractivity contribution in [2.45, 2.75) is 12.8 Å². The van der Waals surface area contributed by atoms with E-state index in [9.17, 15) is 4.39 Å².